The summed E-state index contributed by atoms with van der Waals surface area (Å²) in [7, 11) is 1.62. The highest BCUT2D eigenvalue weighted by molar-refractivity contribution is 5.91. The lowest BCUT2D eigenvalue weighted by atomic mass is 9.93. The maximum Gasteiger partial charge on any atom is 0.341 e. The first-order valence-electron chi connectivity index (χ1n) is 8.40. The molecule has 0 saturated heterocycles. The second-order valence-corrected chi connectivity index (χ2v) is 5.84. The van der Waals surface area contributed by atoms with E-state index in [-0.39, 0.29) is 11.8 Å². The molecule has 0 aliphatic rings. The van der Waals surface area contributed by atoms with E-state index in [1.165, 1.54) is 0 Å². The molecule has 0 heterocycles. The van der Waals surface area contributed by atoms with Gasteiger partial charge in [0.05, 0.1) is 7.11 Å². The van der Waals surface area contributed by atoms with Gasteiger partial charge in [-0.3, -0.25) is 4.79 Å². The van der Waals surface area contributed by atoms with Gasteiger partial charge in [0.15, 0.2) is 6.61 Å². The lowest BCUT2D eigenvalue weighted by molar-refractivity contribution is -0.139. The van der Waals surface area contributed by atoms with Crippen molar-refractivity contribution in [3.05, 3.63) is 54.1 Å². The number of aliphatic carboxylic acids is 1. The molecule has 1 unspecified atom stereocenters. The number of carboxylic acid groups (broad SMARTS) is 1. The zero-order valence-electron chi connectivity index (χ0n) is 14.9. The van der Waals surface area contributed by atoms with Crippen molar-refractivity contribution in [2.24, 2.45) is 0 Å². The van der Waals surface area contributed by atoms with Gasteiger partial charge in [0.25, 0.3) is 0 Å². The van der Waals surface area contributed by atoms with Gasteiger partial charge in [-0.2, -0.15) is 0 Å². The Hall–Kier alpha value is -3.02. The summed E-state index contributed by atoms with van der Waals surface area (Å²) in [5.41, 5.74) is 1.74. The summed E-state index contributed by atoms with van der Waals surface area (Å²) >= 11 is 0. The molecule has 1 amide bonds. The topological polar surface area (TPSA) is 84.9 Å². The minimum absolute atomic E-state index is 0.0770. The van der Waals surface area contributed by atoms with Gasteiger partial charge in [-0.25, -0.2) is 4.79 Å². The fourth-order valence-electron chi connectivity index (χ4n) is 2.59. The Kier molecular flexibility index (Phi) is 7.02. The average molecular weight is 357 g/mol. The highest BCUT2D eigenvalue weighted by atomic mass is 16.5. The average Bonchev–Trinajstić information content (AvgIpc) is 2.65. The molecule has 2 rings (SSSR count). The summed E-state index contributed by atoms with van der Waals surface area (Å²) in [5.74, 6) is 0.241. The van der Waals surface area contributed by atoms with Crippen molar-refractivity contribution in [2.45, 2.75) is 25.7 Å². The molecule has 6 heteroatoms. The van der Waals surface area contributed by atoms with E-state index in [0.29, 0.717) is 17.9 Å². The molecule has 0 fully saturated rings. The molecule has 0 saturated carbocycles. The van der Waals surface area contributed by atoms with E-state index in [4.69, 9.17) is 14.6 Å². The Morgan fingerprint density at radius 1 is 1.04 bits per heavy atom. The summed E-state index contributed by atoms with van der Waals surface area (Å²) in [6.07, 6.45) is 1.22. The van der Waals surface area contributed by atoms with E-state index in [0.717, 1.165) is 17.7 Å². The predicted molar refractivity (Wildman–Crippen MR) is 98.8 cm³/mol. The van der Waals surface area contributed by atoms with E-state index in [9.17, 15) is 9.59 Å². The van der Waals surface area contributed by atoms with Crippen molar-refractivity contribution in [3.8, 4) is 11.5 Å². The standard InChI is InChI=1S/C20H23NO5/c1-3-14(15-4-8-17(25-2)9-5-15)12-19(22)21-16-6-10-18(11-7-16)26-13-20(23)24/h4-11,14H,3,12-13H2,1-2H3,(H,21,22)(H,23,24). The number of rotatable bonds is 9. The lowest BCUT2D eigenvalue weighted by Gasteiger charge is -2.16. The minimum Gasteiger partial charge on any atom is -0.497 e. The molecule has 2 aromatic carbocycles. The van der Waals surface area contributed by atoms with Crippen LogP contribution in [0.2, 0.25) is 0 Å². The molecule has 2 aromatic rings. The van der Waals surface area contributed by atoms with Crippen LogP contribution in [0.25, 0.3) is 0 Å². The normalized spacial score (nSPS) is 11.5. The van der Waals surface area contributed by atoms with Crippen LogP contribution in [0.15, 0.2) is 48.5 Å². The van der Waals surface area contributed by atoms with Crippen LogP contribution in [0.5, 0.6) is 11.5 Å². The molecule has 0 aromatic heterocycles. The first kappa shape index (κ1) is 19.3. The van der Waals surface area contributed by atoms with Crippen molar-refractivity contribution < 1.29 is 24.2 Å². The number of ether oxygens (including phenoxy) is 2. The molecule has 0 aliphatic carbocycles. The number of carboxylic acids is 1. The van der Waals surface area contributed by atoms with Crippen molar-refractivity contribution in [3.63, 3.8) is 0 Å². The van der Waals surface area contributed by atoms with Gasteiger partial charge in [-0.05, 0) is 54.3 Å². The number of hydrogen-bond acceptors (Lipinski definition) is 4. The maximum atomic E-state index is 12.3. The van der Waals surface area contributed by atoms with E-state index < -0.39 is 12.6 Å². The quantitative estimate of drug-likeness (QED) is 0.715. The molecule has 0 aliphatic heterocycles. The van der Waals surface area contributed by atoms with Gasteiger partial charge >= 0.3 is 5.97 Å². The Morgan fingerprint density at radius 2 is 1.65 bits per heavy atom. The fourth-order valence-corrected chi connectivity index (χ4v) is 2.59. The molecule has 0 spiro atoms. The number of benzene rings is 2. The highest BCUT2D eigenvalue weighted by Gasteiger charge is 2.15. The van der Waals surface area contributed by atoms with Crippen molar-refractivity contribution in [1.29, 1.82) is 0 Å². The maximum absolute atomic E-state index is 12.3. The van der Waals surface area contributed by atoms with Crippen LogP contribution in [0.4, 0.5) is 5.69 Å². The number of nitrogens with one attached hydrogen (secondary N) is 1. The van der Waals surface area contributed by atoms with Crippen LogP contribution in [0.1, 0.15) is 31.2 Å². The van der Waals surface area contributed by atoms with Crippen LogP contribution in [0.3, 0.4) is 0 Å². The van der Waals surface area contributed by atoms with Gasteiger partial charge < -0.3 is 19.9 Å². The summed E-state index contributed by atoms with van der Waals surface area (Å²) in [6, 6.07) is 14.4. The summed E-state index contributed by atoms with van der Waals surface area (Å²) < 4.78 is 10.2. The van der Waals surface area contributed by atoms with Crippen LogP contribution in [-0.4, -0.2) is 30.7 Å². The van der Waals surface area contributed by atoms with E-state index in [1.54, 1.807) is 31.4 Å². The third-order valence-electron chi connectivity index (χ3n) is 4.01. The van der Waals surface area contributed by atoms with Crippen molar-refractivity contribution in [1.82, 2.24) is 0 Å². The summed E-state index contributed by atoms with van der Waals surface area (Å²) in [5, 5.41) is 11.4. The van der Waals surface area contributed by atoms with Gasteiger partial charge in [0.2, 0.25) is 5.91 Å². The van der Waals surface area contributed by atoms with E-state index in [2.05, 4.69) is 12.2 Å². The van der Waals surface area contributed by atoms with Crippen LogP contribution < -0.4 is 14.8 Å². The highest BCUT2D eigenvalue weighted by Crippen LogP contribution is 2.26. The minimum atomic E-state index is -1.04. The molecule has 138 valence electrons. The molecule has 0 radical (unpaired) electrons. The third-order valence-corrected chi connectivity index (χ3v) is 4.01. The summed E-state index contributed by atoms with van der Waals surface area (Å²) in [4.78, 5) is 22.8. The molecular weight excluding hydrogens is 334 g/mol. The van der Waals surface area contributed by atoms with Crippen LogP contribution >= 0.6 is 0 Å². The van der Waals surface area contributed by atoms with Gasteiger partial charge in [0, 0.05) is 12.1 Å². The first-order valence-corrected chi connectivity index (χ1v) is 8.40. The van der Waals surface area contributed by atoms with Crippen LogP contribution in [0, 0.1) is 0 Å². The van der Waals surface area contributed by atoms with E-state index >= 15 is 0 Å². The van der Waals surface area contributed by atoms with Crippen LogP contribution in [-0.2, 0) is 9.59 Å². The number of hydrogen-bond donors (Lipinski definition) is 2. The number of amides is 1. The smallest absolute Gasteiger partial charge is 0.341 e. The zero-order chi connectivity index (χ0) is 18.9. The molecule has 2 N–H and O–H groups in total. The Bertz CT molecular complexity index is 725. The first-order chi connectivity index (χ1) is 12.5. The predicted octanol–water partition coefficient (Wildman–Crippen LogP) is 3.68. The van der Waals surface area contributed by atoms with Gasteiger partial charge in [0.1, 0.15) is 11.5 Å². The molecular formula is C20H23NO5. The second kappa shape index (κ2) is 9.46. The van der Waals surface area contributed by atoms with Gasteiger partial charge in [-0.15, -0.1) is 0 Å². The monoisotopic (exact) mass is 357 g/mol. The second-order valence-electron chi connectivity index (χ2n) is 5.84. The largest absolute Gasteiger partial charge is 0.497 e. The van der Waals surface area contributed by atoms with Gasteiger partial charge in [-0.1, -0.05) is 19.1 Å². The fraction of sp³-hybridized carbons (Fsp3) is 0.300. The molecule has 0 bridgehead atoms. The Balaban J connectivity index is 1.92. The zero-order valence-corrected chi connectivity index (χ0v) is 14.9. The SMILES string of the molecule is CCC(CC(=O)Nc1ccc(OCC(=O)O)cc1)c1ccc(OC)cc1. The molecule has 26 heavy (non-hydrogen) atoms. The van der Waals surface area contributed by atoms with Crippen molar-refractivity contribution in [2.75, 3.05) is 19.0 Å². The Morgan fingerprint density at radius 3 is 2.19 bits per heavy atom. The molecule has 6 nitrogen and oxygen atoms in total. The summed E-state index contributed by atoms with van der Waals surface area (Å²) in [6.45, 7) is 1.66. The number of anilines is 1. The number of carbonyl (C=O) groups is 2. The lowest BCUT2D eigenvalue weighted by Crippen LogP contribution is -2.15. The number of carbonyl (C=O) groups excluding carboxylic acids is 1. The third kappa shape index (κ3) is 5.81. The number of methoxy groups -OCH3 is 1. The van der Waals surface area contributed by atoms with Crippen molar-refractivity contribution >= 4 is 17.6 Å². The van der Waals surface area contributed by atoms with E-state index in [1.807, 2.05) is 24.3 Å². The Labute approximate surface area is 152 Å². The molecule has 1 atom stereocenters.